The number of aromatic nitrogens is 6. The molecule has 0 aliphatic rings. The normalized spacial score (nSPS) is 11.5. The van der Waals surface area contributed by atoms with Gasteiger partial charge in [-0.3, -0.25) is 0 Å². The molecule has 3 aromatic heterocycles. The molecule has 0 aliphatic heterocycles. The van der Waals surface area contributed by atoms with Gasteiger partial charge in [-0.25, -0.2) is 13.1 Å². The van der Waals surface area contributed by atoms with E-state index >= 15 is 0 Å². The second-order valence-electron chi connectivity index (χ2n) is 9.26. The minimum absolute atomic E-state index is 0.00900. The lowest BCUT2D eigenvalue weighted by Gasteiger charge is -2.17. The summed E-state index contributed by atoms with van der Waals surface area (Å²) in [6.45, 7) is 7.13. The maximum absolute atomic E-state index is 11.8. The molecule has 1 aromatic carbocycles. The van der Waals surface area contributed by atoms with Gasteiger partial charge in [0.2, 0.25) is 31.1 Å². The molecule has 0 unspecified atom stereocenters. The lowest BCUT2D eigenvalue weighted by molar-refractivity contribution is 0.198. The average Bonchev–Trinajstić information content (AvgIpc) is 3.60. The van der Waals surface area contributed by atoms with E-state index in [1.165, 1.54) is 10.9 Å². The highest BCUT2D eigenvalue weighted by Crippen LogP contribution is 2.37. The number of sulfone groups is 1. The number of methoxy groups -OCH3 is 1. The molecule has 0 bridgehead atoms. The lowest BCUT2D eigenvalue weighted by atomic mass is 10.1. The number of hydrogen-bond donors (Lipinski definition) is 3. The molecule has 0 atom stereocenters. The Morgan fingerprint density at radius 2 is 1.83 bits per heavy atom. The number of benzene rings is 1. The number of nitrogens with zero attached hydrogens (tertiary/aromatic N) is 9. The second-order valence-corrected chi connectivity index (χ2v) is 12.4. The summed E-state index contributed by atoms with van der Waals surface area (Å²) in [5.41, 5.74) is 4.42. The van der Waals surface area contributed by atoms with Crippen molar-refractivity contribution in [1.82, 2.24) is 29.9 Å². The van der Waals surface area contributed by atoms with E-state index in [0.717, 1.165) is 40.0 Å². The summed E-state index contributed by atoms with van der Waals surface area (Å²) in [5, 5.41) is 40.1. The summed E-state index contributed by atoms with van der Waals surface area (Å²) in [4.78, 5) is 9.17. The minimum atomic E-state index is -3.55. The Morgan fingerprint density at radius 1 is 1.12 bits per heavy atom. The topological polar surface area (TPSA) is 197 Å². The third kappa shape index (κ3) is 7.02. The van der Waals surface area contributed by atoms with Crippen LogP contribution < -0.4 is 16.0 Å². The van der Waals surface area contributed by atoms with Crippen LogP contribution in [0.5, 0.6) is 0 Å². The van der Waals surface area contributed by atoms with Crippen molar-refractivity contribution < 1.29 is 13.2 Å². The molecule has 15 nitrogen and oxygen atoms in total. The molecule has 42 heavy (non-hydrogen) atoms. The molecule has 0 saturated heterocycles. The number of azo groups is 1. The molecule has 4 rings (SSSR count). The largest absolute Gasteiger partial charge is 0.385 e. The van der Waals surface area contributed by atoms with Crippen molar-refractivity contribution in [2.75, 3.05) is 49.5 Å². The van der Waals surface area contributed by atoms with Gasteiger partial charge < -0.3 is 20.7 Å². The third-order valence-electron chi connectivity index (χ3n) is 5.81. The number of nitriles is 1. The molecule has 0 spiro atoms. The van der Waals surface area contributed by atoms with Crippen molar-refractivity contribution in [3.63, 3.8) is 0 Å². The fraction of sp³-hybridized carbons (Fsp3) is 0.360. The Hall–Kier alpha value is -4.53. The standard InChI is InChI=1S/C25H30N12O3S2/c1-14-10-15(2)18(16(3)11-14)29-22-19(21(28-8-7-9-40-5)30-23(27-4)31-22)32-33-20-17(12-26)13-37(36-20)24-34-35-25(41-24)42(6,38)39/h10-11,13H,7-9H2,1-6H3,(H3,27,28,29,30,31). The first-order valence-corrected chi connectivity index (χ1v) is 15.4. The minimum Gasteiger partial charge on any atom is -0.385 e. The highest BCUT2D eigenvalue weighted by molar-refractivity contribution is 7.92. The van der Waals surface area contributed by atoms with Crippen LogP contribution in [0.3, 0.4) is 0 Å². The zero-order valence-electron chi connectivity index (χ0n) is 23.9. The highest BCUT2D eigenvalue weighted by atomic mass is 32.2. The fourth-order valence-corrected chi connectivity index (χ4v) is 5.47. The molecule has 17 heteroatoms. The zero-order chi connectivity index (χ0) is 30.4. The summed E-state index contributed by atoms with van der Waals surface area (Å²) in [7, 11) is -0.204. The molecule has 4 aromatic rings. The predicted octanol–water partition coefficient (Wildman–Crippen LogP) is 4.36. The molecule has 0 amide bonds. The average molecular weight is 611 g/mol. The van der Waals surface area contributed by atoms with Gasteiger partial charge in [-0.1, -0.05) is 29.0 Å². The first-order chi connectivity index (χ1) is 20.0. The van der Waals surface area contributed by atoms with E-state index in [2.05, 4.69) is 63.6 Å². The van der Waals surface area contributed by atoms with Crippen LogP contribution in [-0.2, 0) is 14.6 Å². The van der Waals surface area contributed by atoms with Crippen molar-refractivity contribution >= 4 is 56.0 Å². The second kappa shape index (κ2) is 13.0. The van der Waals surface area contributed by atoms with E-state index in [4.69, 9.17) is 4.74 Å². The number of ether oxygens (including phenoxy) is 1. The van der Waals surface area contributed by atoms with Crippen molar-refractivity contribution in [2.45, 2.75) is 31.5 Å². The zero-order valence-corrected chi connectivity index (χ0v) is 25.6. The smallest absolute Gasteiger partial charge is 0.234 e. The van der Waals surface area contributed by atoms with Crippen molar-refractivity contribution in [3.8, 4) is 11.2 Å². The number of aryl methyl sites for hydroxylation is 3. The molecule has 0 fully saturated rings. The van der Waals surface area contributed by atoms with Gasteiger partial charge in [0, 0.05) is 39.3 Å². The van der Waals surface area contributed by atoms with Crippen molar-refractivity contribution in [1.29, 1.82) is 5.26 Å². The quantitative estimate of drug-likeness (QED) is 0.151. The van der Waals surface area contributed by atoms with Crippen molar-refractivity contribution in [3.05, 3.63) is 40.6 Å². The van der Waals surface area contributed by atoms with E-state index in [1.54, 1.807) is 14.2 Å². The summed E-state index contributed by atoms with van der Waals surface area (Å²) in [5.74, 6) is 1.12. The molecule has 220 valence electrons. The molecule has 3 heterocycles. The van der Waals surface area contributed by atoms with Crippen LogP contribution in [0.1, 0.15) is 28.7 Å². The van der Waals surface area contributed by atoms with Crippen LogP contribution in [0.2, 0.25) is 0 Å². The van der Waals surface area contributed by atoms with Crippen LogP contribution in [0.25, 0.3) is 5.13 Å². The van der Waals surface area contributed by atoms with E-state index in [1.807, 2.05) is 26.8 Å². The lowest BCUT2D eigenvalue weighted by Crippen LogP contribution is -2.10. The Kier molecular flexibility index (Phi) is 9.40. The maximum atomic E-state index is 11.8. The van der Waals surface area contributed by atoms with Gasteiger partial charge in [-0.05, 0) is 38.3 Å². The molecular formula is C25H30N12O3S2. The van der Waals surface area contributed by atoms with Gasteiger partial charge in [0.1, 0.15) is 11.6 Å². The number of nitrogens with one attached hydrogen (secondary N) is 3. The van der Waals surface area contributed by atoms with Crippen molar-refractivity contribution in [2.24, 2.45) is 10.2 Å². The summed E-state index contributed by atoms with van der Waals surface area (Å²) in [6, 6.07) is 6.16. The van der Waals surface area contributed by atoms with Crippen LogP contribution in [-0.4, -0.2) is 71.9 Å². The number of anilines is 4. The van der Waals surface area contributed by atoms with E-state index < -0.39 is 9.84 Å². The fourth-order valence-electron chi connectivity index (χ4n) is 3.95. The van der Waals surface area contributed by atoms with Crippen LogP contribution in [0, 0.1) is 32.1 Å². The third-order valence-corrected chi connectivity index (χ3v) is 8.40. The van der Waals surface area contributed by atoms with Gasteiger partial charge in [0.15, 0.2) is 17.3 Å². The van der Waals surface area contributed by atoms with E-state index in [-0.39, 0.29) is 20.9 Å². The predicted molar refractivity (Wildman–Crippen MR) is 160 cm³/mol. The molecule has 0 radical (unpaired) electrons. The molecule has 0 aliphatic carbocycles. The summed E-state index contributed by atoms with van der Waals surface area (Å²) >= 11 is 0.818. The maximum Gasteiger partial charge on any atom is 0.234 e. The van der Waals surface area contributed by atoms with Gasteiger partial charge >= 0.3 is 0 Å². The molecule has 0 saturated carbocycles. The first kappa shape index (κ1) is 30.4. The van der Waals surface area contributed by atoms with E-state index in [9.17, 15) is 13.7 Å². The van der Waals surface area contributed by atoms with Crippen LogP contribution in [0.15, 0.2) is 32.9 Å². The van der Waals surface area contributed by atoms with Gasteiger partial charge in [-0.2, -0.15) is 15.2 Å². The Labute approximate surface area is 247 Å². The van der Waals surface area contributed by atoms with Gasteiger partial charge in [0.05, 0.1) is 6.20 Å². The highest BCUT2D eigenvalue weighted by Gasteiger charge is 2.20. The Morgan fingerprint density at radius 3 is 2.45 bits per heavy atom. The van der Waals surface area contributed by atoms with Crippen LogP contribution >= 0.6 is 11.3 Å². The summed E-state index contributed by atoms with van der Waals surface area (Å²) < 4.78 is 29.9. The molecular weight excluding hydrogens is 580 g/mol. The Balaban J connectivity index is 1.79. The van der Waals surface area contributed by atoms with Gasteiger partial charge in [0.25, 0.3) is 0 Å². The number of hydrogen-bond acceptors (Lipinski definition) is 15. The monoisotopic (exact) mass is 610 g/mol. The van der Waals surface area contributed by atoms with E-state index in [0.29, 0.717) is 42.8 Å². The summed E-state index contributed by atoms with van der Waals surface area (Å²) in [6.07, 6.45) is 3.13. The Bertz CT molecular complexity index is 1750. The number of rotatable bonds is 12. The van der Waals surface area contributed by atoms with Gasteiger partial charge in [-0.15, -0.1) is 25.5 Å². The molecule has 3 N–H and O–H groups in total. The SMILES string of the molecule is CNc1nc(NCCCOC)c(N=Nc2nn(-c3nnc(S(C)(=O)=O)s3)cc2C#N)c(Nc2c(C)cc(C)cc2C)n1. The first-order valence-electron chi connectivity index (χ1n) is 12.7. The van der Waals surface area contributed by atoms with Crippen LogP contribution in [0.4, 0.5) is 34.8 Å².